The molecule has 2 aliphatic carbocycles. The molecule has 7 amide bonds. The Labute approximate surface area is 662 Å². The van der Waals surface area contributed by atoms with Gasteiger partial charge in [-0.2, -0.15) is 108 Å². The van der Waals surface area contributed by atoms with Gasteiger partial charge in [0.1, 0.15) is 24.2 Å². The van der Waals surface area contributed by atoms with E-state index in [1.54, 1.807) is 51.1 Å². The van der Waals surface area contributed by atoms with E-state index >= 15 is 0 Å². The van der Waals surface area contributed by atoms with Crippen LogP contribution in [0.1, 0.15) is 209 Å². The van der Waals surface area contributed by atoms with Gasteiger partial charge in [0.25, 0.3) is 11.7 Å². The summed E-state index contributed by atoms with van der Waals surface area (Å²) in [5.41, 5.74) is -0.638. The first kappa shape index (κ1) is 98.9. The van der Waals surface area contributed by atoms with Crippen molar-refractivity contribution < 1.29 is 62.7 Å². The number of amides is 7. The van der Waals surface area contributed by atoms with Crippen LogP contribution in [-0.4, -0.2) is 152 Å². The Hall–Kier alpha value is -4.14. The molecule has 2 aromatic carbocycles. The topological polar surface area (TPSA) is 301 Å². The Balaban J connectivity index is 0. The number of rotatable bonds is 23. The highest BCUT2D eigenvalue weighted by Crippen LogP contribution is 2.43. The number of carboxylic acids is 1. The maximum Gasteiger partial charge on any atom is 0.374 e. The molecule has 22 nitrogen and oxygen atoms in total. The number of carboxylic acid groups (broad SMARTS) is 1. The third kappa shape index (κ3) is 27.3. The molecule has 4 fully saturated rings. The molecule has 6 aliphatic rings. The van der Waals surface area contributed by atoms with Crippen LogP contribution in [0.15, 0.2) is 58.8 Å². The lowest BCUT2D eigenvalue weighted by atomic mass is 9.84. The highest BCUT2D eigenvalue weighted by atomic mass is 35.5. The molecule has 32 heteroatoms. The van der Waals surface area contributed by atoms with E-state index in [1.807, 2.05) is 66.7 Å². The molecular formula is C69H113Cl2N9O13S8. The molecule has 2 saturated carbocycles. The fourth-order valence-corrected chi connectivity index (χ4v) is 14.0. The average Bonchev–Trinajstić information content (AvgIpc) is 1.61. The van der Waals surface area contributed by atoms with Gasteiger partial charge in [0.15, 0.2) is 11.2 Å². The third-order valence-corrected chi connectivity index (χ3v) is 18.9. The van der Waals surface area contributed by atoms with Crippen molar-refractivity contribution >= 4 is 201 Å². The van der Waals surface area contributed by atoms with Gasteiger partial charge >= 0.3 is 5.97 Å². The van der Waals surface area contributed by atoms with Gasteiger partial charge in [0, 0.05) is 65.7 Å². The predicted molar refractivity (Wildman–Crippen MR) is 436 cm³/mol. The summed E-state index contributed by atoms with van der Waals surface area (Å²) >= 11 is 12.4. The van der Waals surface area contributed by atoms with Gasteiger partial charge in [0.05, 0.1) is 36.6 Å². The van der Waals surface area contributed by atoms with Crippen LogP contribution in [0.25, 0.3) is 0 Å². The summed E-state index contributed by atoms with van der Waals surface area (Å²) in [5.74, 6) is -6.18. The number of benzene rings is 2. The number of hydrogen-bond acceptors (Lipinski definition) is 14. The summed E-state index contributed by atoms with van der Waals surface area (Å²) in [5, 5.41) is 33.1. The van der Waals surface area contributed by atoms with E-state index in [9.17, 15) is 53.1 Å². The zero-order chi connectivity index (χ0) is 68.2. The van der Waals surface area contributed by atoms with Crippen LogP contribution >= 0.6 is 131 Å². The van der Waals surface area contributed by atoms with Crippen LogP contribution in [-0.2, 0) is 57.6 Å². The maximum absolute atomic E-state index is 14.5. The molecule has 0 aromatic heterocycles. The average molecular weight is 1600 g/mol. The number of aliphatic carboxylic acids is 1. The van der Waals surface area contributed by atoms with E-state index in [1.165, 1.54) is 22.6 Å². The van der Waals surface area contributed by atoms with Crippen molar-refractivity contribution in [3.63, 3.8) is 0 Å². The number of carbonyl (C=O) groups excluding carboxylic acids is 9. The van der Waals surface area contributed by atoms with Crippen LogP contribution in [0, 0.1) is 22.7 Å². The Morgan fingerprint density at radius 1 is 0.545 bits per heavy atom. The second kappa shape index (κ2) is 44.1. The number of halogens is 2. The molecule has 0 unspecified atom stereocenters. The van der Waals surface area contributed by atoms with Crippen molar-refractivity contribution in [2.24, 2.45) is 33.0 Å². The minimum absolute atomic E-state index is 0. The highest BCUT2D eigenvalue weighted by molar-refractivity contribution is 7.60. The van der Waals surface area contributed by atoms with Gasteiger partial charge in [-0.15, -0.1) is 0 Å². The van der Waals surface area contributed by atoms with Gasteiger partial charge in [-0.1, -0.05) is 165 Å². The van der Waals surface area contributed by atoms with Crippen LogP contribution in [0.4, 0.5) is 0 Å². The van der Waals surface area contributed by atoms with Gasteiger partial charge in [0.2, 0.25) is 41.2 Å². The van der Waals surface area contributed by atoms with E-state index in [0.29, 0.717) is 60.0 Å². The number of Topliss-reactive ketones (excluding diaryl/α,β-unsaturated/α-hetero) is 2. The lowest BCUT2D eigenvalue weighted by molar-refractivity contribution is -0.151. The van der Waals surface area contributed by atoms with Gasteiger partial charge in [-0.3, -0.25) is 43.2 Å². The first-order chi connectivity index (χ1) is 43.8. The van der Waals surface area contributed by atoms with E-state index in [4.69, 9.17) is 32.9 Å². The van der Waals surface area contributed by atoms with E-state index < -0.39 is 105 Å². The number of ketones is 2. The fraction of sp³-hybridized carbons (Fsp3) is 0.652. The minimum Gasteiger partial charge on any atom is -0.475 e. The standard InChI is InChI=1S/C36H52ClN5O6.C33H45ClN4O7.8H2S/c1-7-12-26(30(44)33(46)38-22(2)3)39-32(45)28-20-36(19-27(41-48-36)24-15-11-16-25(37)18-24)21-42(28)34(47)31(35(4,5)6)40-29(43)17-23-13-9-8-10-14-23;1-5-10-23(27(40)31(43)44)35-29(41)25-18-33(17-24(37-45-33)21-13-9-14-22(34)16-21)19-38(25)30(42)28(32(2,3)4)36-26(39)15-20-11-7-6-8-12-20;;;;;;;;/h11,15-16,18,22-23,26,28,31H,7-10,12-14,17,19-21H2,1-6H3,(H,38,46)(H,39,45)(H,40,43);9,13-14,16,20,23,25,28H,5-8,10-12,15,17-19H2,1-4H3,(H,35,41)(H,36,39)(H,43,44);8*1H2/t26-,28-,31+,36+;23-,25-,28+,33+;;;;;;;;/m00......../s1. The largest absolute Gasteiger partial charge is 0.475 e. The SMILES string of the molecule is CCC[C@H](NC(=O)[C@@H]1C[C@]2(CC(c3cccc(Cl)c3)=NO2)CN1C(=O)[C@@H](NC(=O)CC1CCCCC1)C(C)(C)C)C(=O)C(=O)NC(C)C.CCC[C@H](NC(=O)[C@@H]1C[C@]2(CC(c3cccc(Cl)c3)=NO2)CN1C(=O)[C@@H](NC(=O)CC1CCCCC1)C(C)(C)C)C(=O)C(=O)O.S.S.S.S.S.S.S.S. The van der Waals surface area contributed by atoms with Crippen molar-refractivity contribution in [1.82, 2.24) is 36.4 Å². The molecule has 0 bridgehead atoms. The molecule has 2 saturated heterocycles. The molecule has 4 aliphatic heterocycles. The van der Waals surface area contributed by atoms with E-state index in [-0.39, 0.29) is 176 Å². The molecule has 101 heavy (non-hydrogen) atoms. The second-order valence-electron chi connectivity index (χ2n) is 28.9. The summed E-state index contributed by atoms with van der Waals surface area (Å²) in [6.07, 6.45) is 13.6. The molecular weight excluding hydrogens is 1490 g/mol. The van der Waals surface area contributed by atoms with Crippen molar-refractivity contribution in [2.45, 2.75) is 251 Å². The Morgan fingerprint density at radius 3 is 1.22 bits per heavy atom. The molecule has 2 aromatic rings. The molecule has 4 heterocycles. The predicted octanol–water partition coefficient (Wildman–Crippen LogP) is 9.83. The fourth-order valence-electron chi connectivity index (χ4n) is 13.6. The smallest absolute Gasteiger partial charge is 0.374 e. The number of nitrogens with one attached hydrogen (secondary N) is 5. The highest BCUT2D eigenvalue weighted by Gasteiger charge is 2.58. The number of carbonyl (C=O) groups is 10. The van der Waals surface area contributed by atoms with Crippen LogP contribution in [0.5, 0.6) is 0 Å². The van der Waals surface area contributed by atoms with Gasteiger partial charge < -0.3 is 51.2 Å². The van der Waals surface area contributed by atoms with Crippen molar-refractivity contribution in [3.05, 3.63) is 69.7 Å². The molecule has 8 atom stereocenters. The summed E-state index contributed by atoms with van der Waals surface area (Å²) in [7, 11) is 0. The molecule has 0 radical (unpaired) electrons. The van der Waals surface area contributed by atoms with Gasteiger partial charge in [-0.05, 0) is 99.3 Å². The van der Waals surface area contributed by atoms with Gasteiger partial charge in [-0.25, -0.2) is 4.79 Å². The van der Waals surface area contributed by atoms with Crippen LogP contribution < -0.4 is 26.6 Å². The van der Waals surface area contributed by atoms with Crippen LogP contribution in [0.3, 0.4) is 0 Å². The zero-order valence-electron chi connectivity index (χ0n) is 59.8. The number of oxime groups is 2. The van der Waals surface area contributed by atoms with Crippen LogP contribution in [0.2, 0.25) is 10.0 Å². The molecule has 6 N–H and O–H groups in total. The summed E-state index contributed by atoms with van der Waals surface area (Å²) < 4.78 is 0. The first-order valence-electron chi connectivity index (χ1n) is 33.3. The molecule has 8 rings (SSSR count). The monoisotopic (exact) mass is 1600 g/mol. The third-order valence-electron chi connectivity index (χ3n) is 18.5. The Kier molecular flexibility index (Phi) is 43.2. The normalized spacial score (nSPS) is 21.0. The maximum atomic E-state index is 14.5. The Bertz CT molecular complexity index is 3190. The van der Waals surface area contributed by atoms with Crippen molar-refractivity contribution in [1.29, 1.82) is 0 Å². The quantitative estimate of drug-likeness (QED) is 0.0565. The molecule has 574 valence electrons. The summed E-state index contributed by atoms with van der Waals surface area (Å²) in [4.78, 5) is 148. The minimum atomic E-state index is -1.64. The zero-order valence-corrected chi connectivity index (χ0v) is 69.3. The van der Waals surface area contributed by atoms with Crippen molar-refractivity contribution in [3.8, 4) is 0 Å². The molecule has 2 spiro atoms. The first-order valence-corrected chi connectivity index (χ1v) is 34.0. The Morgan fingerprint density at radius 2 is 0.901 bits per heavy atom. The lowest BCUT2D eigenvalue weighted by Crippen LogP contribution is -2.59. The van der Waals surface area contributed by atoms with E-state index in [0.717, 1.165) is 62.5 Å². The lowest BCUT2D eigenvalue weighted by Gasteiger charge is -2.36. The summed E-state index contributed by atoms with van der Waals surface area (Å²) in [6, 6.07) is 7.83. The number of likely N-dealkylation sites (tertiary alicyclic amines) is 2. The van der Waals surface area contributed by atoms with E-state index in [2.05, 4.69) is 36.9 Å². The summed E-state index contributed by atoms with van der Waals surface area (Å²) in [6.45, 7) is 18.4. The number of hydrogen-bond donors (Lipinski definition) is 6. The second-order valence-corrected chi connectivity index (χ2v) is 29.8. The number of nitrogens with zero attached hydrogens (tertiary/aromatic N) is 4. The van der Waals surface area contributed by atoms with Crippen molar-refractivity contribution in [2.75, 3.05) is 13.1 Å².